The Bertz CT molecular complexity index is 605. The molecule has 1 N–H and O–H groups in total. The van der Waals surface area contributed by atoms with Gasteiger partial charge in [-0.3, -0.25) is 4.79 Å². The predicted molar refractivity (Wildman–Crippen MR) is 85.5 cm³/mol. The lowest BCUT2D eigenvalue weighted by Gasteiger charge is -2.26. The van der Waals surface area contributed by atoms with E-state index in [9.17, 15) is 4.79 Å². The number of ether oxygens (including phenoxy) is 1. The zero-order valence-electron chi connectivity index (χ0n) is 12.0. The fraction of sp³-hybridized carbons (Fsp3) is 0.438. The Kier molecular flexibility index (Phi) is 4.85. The summed E-state index contributed by atoms with van der Waals surface area (Å²) in [5.41, 5.74) is 1.31. The number of fused-ring (bicyclic) bond motifs is 1. The lowest BCUT2D eigenvalue weighted by Crippen LogP contribution is -2.41. The highest BCUT2D eigenvalue weighted by atomic mass is 32.1. The van der Waals surface area contributed by atoms with E-state index < -0.39 is 0 Å². The van der Waals surface area contributed by atoms with Crippen LogP contribution in [0.1, 0.15) is 12.0 Å². The summed E-state index contributed by atoms with van der Waals surface area (Å²) in [6.45, 7) is 4.34. The second-order valence-electron chi connectivity index (χ2n) is 5.18. The Hall–Kier alpha value is -1.43. The molecule has 0 unspecified atom stereocenters. The maximum Gasteiger partial charge on any atom is 0.224 e. The van der Waals surface area contributed by atoms with Gasteiger partial charge in [0, 0.05) is 37.3 Å². The number of rotatable bonds is 5. The van der Waals surface area contributed by atoms with Crippen LogP contribution in [0.2, 0.25) is 0 Å². The molecule has 0 bridgehead atoms. The zero-order valence-corrected chi connectivity index (χ0v) is 12.8. The Morgan fingerprint density at radius 1 is 1.29 bits per heavy atom. The van der Waals surface area contributed by atoms with Gasteiger partial charge in [0.1, 0.15) is 0 Å². The molecular weight excluding hydrogens is 284 g/mol. The number of carbonyl (C=O) groups excluding carboxylic acids is 1. The number of thiophene rings is 1. The highest BCUT2D eigenvalue weighted by Crippen LogP contribution is 2.25. The van der Waals surface area contributed by atoms with Crippen LogP contribution in [0, 0.1) is 0 Å². The van der Waals surface area contributed by atoms with Crippen molar-refractivity contribution in [3.8, 4) is 0 Å². The molecule has 2 aromatic rings. The Balaban J connectivity index is 1.44. The average Bonchev–Trinajstić information content (AvgIpc) is 2.95. The van der Waals surface area contributed by atoms with Crippen molar-refractivity contribution in [2.75, 3.05) is 32.8 Å². The van der Waals surface area contributed by atoms with E-state index in [-0.39, 0.29) is 5.91 Å². The summed E-state index contributed by atoms with van der Waals surface area (Å²) in [6.07, 6.45) is 0.558. The Morgan fingerprint density at radius 3 is 2.95 bits per heavy atom. The van der Waals surface area contributed by atoms with Crippen LogP contribution in [0.4, 0.5) is 0 Å². The van der Waals surface area contributed by atoms with Crippen LogP contribution in [0.5, 0.6) is 0 Å². The predicted octanol–water partition coefficient (Wildman–Crippen LogP) is 2.24. The SMILES string of the molecule is O=C(CCNCc1csc2ccccc12)N1CCOCC1. The van der Waals surface area contributed by atoms with Gasteiger partial charge in [0.05, 0.1) is 13.2 Å². The molecule has 0 radical (unpaired) electrons. The molecule has 1 aromatic heterocycles. The number of hydrogen-bond donors (Lipinski definition) is 1. The summed E-state index contributed by atoms with van der Waals surface area (Å²) in [5, 5.41) is 6.89. The molecule has 0 aliphatic carbocycles. The molecule has 112 valence electrons. The second-order valence-corrected chi connectivity index (χ2v) is 6.09. The van der Waals surface area contributed by atoms with Crippen molar-refractivity contribution in [1.29, 1.82) is 0 Å². The third-order valence-corrected chi connectivity index (χ3v) is 4.77. The van der Waals surface area contributed by atoms with Crippen molar-refractivity contribution in [2.45, 2.75) is 13.0 Å². The number of nitrogens with one attached hydrogen (secondary N) is 1. The summed E-state index contributed by atoms with van der Waals surface area (Å²) >= 11 is 1.77. The topological polar surface area (TPSA) is 41.6 Å². The number of nitrogens with zero attached hydrogens (tertiary/aromatic N) is 1. The van der Waals surface area contributed by atoms with Crippen LogP contribution in [0.3, 0.4) is 0 Å². The minimum Gasteiger partial charge on any atom is -0.378 e. The molecule has 1 aliphatic rings. The third kappa shape index (κ3) is 3.61. The number of hydrogen-bond acceptors (Lipinski definition) is 4. The molecule has 1 aromatic carbocycles. The molecule has 1 amide bonds. The van der Waals surface area contributed by atoms with E-state index in [2.05, 4.69) is 35.0 Å². The van der Waals surface area contributed by atoms with E-state index in [1.54, 1.807) is 11.3 Å². The fourth-order valence-corrected chi connectivity index (χ4v) is 3.52. The maximum atomic E-state index is 12.0. The molecule has 0 spiro atoms. The van der Waals surface area contributed by atoms with E-state index in [0.717, 1.165) is 26.2 Å². The minimum atomic E-state index is 0.223. The van der Waals surface area contributed by atoms with Gasteiger partial charge in [-0.2, -0.15) is 0 Å². The molecule has 0 atom stereocenters. The quantitative estimate of drug-likeness (QED) is 0.861. The van der Waals surface area contributed by atoms with E-state index in [0.29, 0.717) is 19.6 Å². The first-order valence-corrected chi connectivity index (χ1v) is 8.24. The highest BCUT2D eigenvalue weighted by molar-refractivity contribution is 7.17. The van der Waals surface area contributed by atoms with E-state index in [1.165, 1.54) is 15.6 Å². The van der Waals surface area contributed by atoms with E-state index in [1.807, 2.05) is 4.90 Å². The van der Waals surface area contributed by atoms with Crippen LogP contribution >= 0.6 is 11.3 Å². The van der Waals surface area contributed by atoms with Crippen molar-refractivity contribution < 1.29 is 9.53 Å². The Morgan fingerprint density at radius 2 is 2.10 bits per heavy atom. The minimum absolute atomic E-state index is 0.223. The molecular formula is C16H20N2O2S. The van der Waals surface area contributed by atoms with Gasteiger partial charge < -0.3 is 15.0 Å². The summed E-state index contributed by atoms with van der Waals surface area (Å²) in [7, 11) is 0. The molecule has 1 saturated heterocycles. The monoisotopic (exact) mass is 304 g/mol. The first-order valence-electron chi connectivity index (χ1n) is 7.36. The lowest BCUT2D eigenvalue weighted by atomic mass is 10.2. The standard InChI is InChI=1S/C16H20N2O2S/c19-16(18-7-9-20-10-8-18)5-6-17-11-13-12-21-15-4-2-1-3-14(13)15/h1-4,12,17H,5-11H2. The molecule has 5 heteroatoms. The summed E-state index contributed by atoms with van der Waals surface area (Å²) in [4.78, 5) is 13.9. The van der Waals surface area contributed by atoms with Gasteiger partial charge in [-0.05, 0) is 22.4 Å². The molecule has 2 heterocycles. The molecule has 21 heavy (non-hydrogen) atoms. The number of benzene rings is 1. The maximum absolute atomic E-state index is 12.0. The molecule has 3 rings (SSSR count). The molecule has 0 saturated carbocycles. The van der Waals surface area contributed by atoms with Crippen LogP contribution in [-0.2, 0) is 16.1 Å². The summed E-state index contributed by atoms with van der Waals surface area (Å²) in [6, 6.07) is 8.44. The van der Waals surface area contributed by atoms with Crippen molar-refractivity contribution in [3.63, 3.8) is 0 Å². The van der Waals surface area contributed by atoms with Gasteiger partial charge in [-0.25, -0.2) is 0 Å². The van der Waals surface area contributed by atoms with Gasteiger partial charge >= 0.3 is 0 Å². The second kappa shape index (κ2) is 7.02. The zero-order chi connectivity index (χ0) is 14.5. The molecule has 1 fully saturated rings. The van der Waals surface area contributed by atoms with Gasteiger partial charge in [0.15, 0.2) is 0 Å². The van der Waals surface area contributed by atoms with Crippen molar-refractivity contribution >= 4 is 27.3 Å². The number of amides is 1. The number of morpholine rings is 1. The summed E-state index contributed by atoms with van der Waals surface area (Å²) < 4.78 is 6.58. The van der Waals surface area contributed by atoms with E-state index >= 15 is 0 Å². The van der Waals surface area contributed by atoms with Crippen molar-refractivity contribution in [2.24, 2.45) is 0 Å². The first kappa shape index (κ1) is 14.5. The van der Waals surface area contributed by atoms with Crippen molar-refractivity contribution in [1.82, 2.24) is 10.2 Å². The molecule has 4 nitrogen and oxygen atoms in total. The smallest absolute Gasteiger partial charge is 0.224 e. The third-order valence-electron chi connectivity index (χ3n) is 3.76. The van der Waals surface area contributed by atoms with Crippen LogP contribution in [0.15, 0.2) is 29.6 Å². The first-order chi connectivity index (χ1) is 10.3. The normalized spacial score (nSPS) is 15.5. The van der Waals surface area contributed by atoms with E-state index in [4.69, 9.17) is 4.74 Å². The average molecular weight is 304 g/mol. The van der Waals surface area contributed by atoms with Gasteiger partial charge in [0.25, 0.3) is 0 Å². The van der Waals surface area contributed by atoms with Crippen LogP contribution in [-0.4, -0.2) is 43.7 Å². The Labute approximate surface area is 128 Å². The lowest BCUT2D eigenvalue weighted by molar-refractivity contribution is -0.135. The molecule has 1 aliphatic heterocycles. The fourth-order valence-electron chi connectivity index (χ4n) is 2.56. The summed E-state index contributed by atoms with van der Waals surface area (Å²) in [5.74, 6) is 0.223. The van der Waals surface area contributed by atoms with Gasteiger partial charge in [0.2, 0.25) is 5.91 Å². The van der Waals surface area contributed by atoms with Crippen LogP contribution in [0.25, 0.3) is 10.1 Å². The largest absolute Gasteiger partial charge is 0.378 e. The van der Waals surface area contributed by atoms with Crippen molar-refractivity contribution in [3.05, 3.63) is 35.2 Å². The number of carbonyl (C=O) groups is 1. The highest BCUT2D eigenvalue weighted by Gasteiger charge is 2.15. The van der Waals surface area contributed by atoms with Gasteiger partial charge in [-0.1, -0.05) is 18.2 Å². The van der Waals surface area contributed by atoms with Crippen LogP contribution < -0.4 is 5.32 Å². The van der Waals surface area contributed by atoms with Gasteiger partial charge in [-0.15, -0.1) is 11.3 Å².